The monoisotopic (exact) mass is 287 g/mol. The molecule has 1 N–H and O–H groups in total. The summed E-state index contributed by atoms with van der Waals surface area (Å²) in [6.07, 6.45) is 0.00426. The van der Waals surface area contributed by atoms with Gasteiger partial charge < -0.3 is 4.74 Å². The van der Waals surface area contributed by atoms with E-state index in [4.69, 9.17) is 4.74 Å². The molecule has 1 heterocycles. The topological polar surface area (TPSA) is 38.3 Å². The number of benzene rings is 1. The molecule has 3 nitrogen and oxygen atoms in total. The Kier molecular flexibility index (Phi) is 3.10. The van der Waals surface area contributed by atoms with Gasteiger partial charge in [-0.15, -0.1) is 0 Å². The first-order chi connectivity index (χ1) is 7.55. The number of ether oxygens (including phenoxy) is 1. The molecular formula is C11H11BrFNO2. The number of halogens is 2. The highest BCUT2D eigenvalue weighted by Crippen LogP contribution is 2.30. The van der Waals surface area contributed by atoms with Gasteiger partial charge in [0.1, 0.15) is 5.82 Å². The van der Waals surface area contributed by atoms with E-state index in [-0.39, 0.29) is 12.4 Å². The molecule has 2 rings (SSSR count). The number of carbonyl (C=O) groups excluding carboxylic acids is 1. The van der Waals surface area contributed by atoms with E-state index in [0.29, 0.717) is 11.8 Å². The van der Waals surface area contributed by atoms with Crippen LogP contribution in [0.4, 0.5) is 4.39 Å². The molecule has 16 heavy (non-hydrogen) atoms. The Morgan fingerprint density at radius 2 is 2.44 bits per heavy atom. The van der Waals surface area contributed by atoms with Gasteiger partial charge in [0, 0.05) is 10.0 Å². The molecule has 1 aromatic carbocycles. The van der Waals surface area contributed by atoms with E-state index >= 15 is 0 Å². The molecule has 0 radical (unpaired) electrons. The molecule has 0 bridgehead atoms. The van der Waals surface area contributed by atoms with Crippen LogP contribution in [0.25, 0.3) is 0 Å². The van der Waals surface area contributed by atoms with Crippen molar-refractivity contribution in [1.82, 2.24) is 5.32 Å². The zero-order valence-electron chi connectivity index (χ0n) is 8.67. The fraction of sp³-hybridized carbons (Fsp3) is 0.364. The Labute approximate surface area is 101 Å². The molecule has 1 saturated heterocycles. The van der Waals surface area contributed by atoms with Gasteiger partial charge in [-0.25, -0.2) is 4.39 Å². The summed E-state index contributed by atoms with van der Waals surface area (Å²) in [5, 5.41) is 2.95. The van der Waals surface area contributed by atoms with E-state index < -0.39 is 11.8 Å². The van der Waals surface area contributed by atoms with Gasteiger partial charge >= 0.3 is 0 Å². The number of carbonyl (C=O) groups is 1. The number of aldehydes is 1. The lowest BCUT2D eigenvalue weighted by molar-refractivity contribution is -0.116. The first-order valence-electron chi connectivity index (χ1n) is 4.85. The largest absolute Gasteiger partial charge is 0.354 e. The average Bonchev–Trinajstić information content (AvgIpc) is 2.65. The Hall–Kier alpha value is -0.780. The van der Waals surface area contributed by atoms with Crippen LogP contribution in [0.15, 0.2) is 22.7 Å². The van der Waals surface area contributed by atoms with Gasteiger partial charge in [-0.05, 0) is 25.1 Å². The Morgan fingerprint density at radius 3 is 3.06 bits per heavy atom. The minimum absolute atomic E-state index is 0.268. The molecule has 1 unspecified atom stereocenters. The van der Waals surface area contributed by atoms with Gasteiger partial charge in [-0.3, -0.25) is 10.1 Å². The first-order valence-corrected chi connectivity index (χ1v) is 5.64. The van der Waals surface area contributed by atoms with Crippen molar-refractivity contribution in [3.05, 3.63) is 34.1 Å². The van der Waals surface area contributed by atoms with Crippen molar-refractivity contribution in [2.24, 2.45) is 0 Å². The van der Waals surface area contributed by atoms with Crippen LogP contribution in [0.1, 0.15) is 12.5 Å². The number of hydrogen-bond acceptors (Lipinski definition) is 3. The van der Waals surface area contributed by atoms with E-state index in [2.05, 4.69) is 21.2 Å². The quantitative estimate of drug-likeness (QED) is 0.845. The van der Waals surface area contributed by atoms with Crippen molar-refractivity contribution in [3.8, 4) is 0 Å². The molecule has 1 aliphatic heterocycles. The number of nitrogens with one attached hydrogen (secondary N) is 1. The van der Waals surface area contributed by atoms with Crippen LogP contribution < -0.4 is 5.32 Å². The maximum atomic E-state index is 13.7. The van der Waals surface area contributed by atoms with Crippen LogP contribution in [0, 0.1) is 5.82 Å². The van der Waals surface area contributed by atoms with Gasteiger partial charge in [-0.1, -0.05) is 15.9 Å². The molecule has 1 aliphatic rings. The zero-order chi connectivity index (χ0) is 11.8. The van der Waals surface area contributed by atoms with Gasteiger partial charge in [-0.2, -0.15) is 0 Å². The van der Waals surface area contributed by atoms with Gasteiger partial charge in [0.05, 0.1) is 12.1 Å². The van der Waals surface area contributed by atoms with Crippen LogP contribution in [-0.4, -0.2) is 19.1 Å². The Morgan fingerprint density at radius 1 is 1.69 bits per heavy atom. The maximum absolute atomic E-state index is 13.7. The second-order valence-electron chi connectivity index (χ2n) is 3.97. The minimum Gasteiger partial charge on any atom is -0.354 e. The summed E-state index contributed by atoms with van der Waals surface area (Å²) in [5.74, 6) is -0.312. The molecule has 5 heteroatoms. The number of rotatable bonds is 2. The molecule has 0 amide bonds. The molecule has 0 spiro atoms. The van der Waals surface area contributed by atoms with E-state index in [1.807, 2.05) is 0 Å². The molecule has 0 aromatic heterocycles. The van der Waals surface area contributed by atoms with Crippen LogP contribution >= 0.6 is 15.9 Å². The fourth-order valence-corrected chi connectivity index (χ4v) is 2.16. The van der Waals surface area contributed by atoms with Gasteiger partial charge in [0.2, 0.25) is 0 Å². The zero-order valence-corrected chi connectivity index (χ0v) is 10.3. The predicted octanol–water partition coefficient (Wildman–Crippen LogP) is 1.95. The van der Waals surface area contributed by atoms with Crippen molar-refractivity contribution < 1.29 is 13.9 Å². The van der Waals surface area contributed by atoms with Crippen molar-refractivity contribution in [1.29, 1.82) is 0 Å². The highest BCUT2D eigenvalue weighted by molar-refractivity contribution is 9.10. The average molecular weight is 288 g/mol. The first kappa shape index (κ1) is 11.7. The summed E-state index contributed by atoms with van der Waals surface area (Å²) in [4.78, 5) is 10.6. The normalized spacial score (nSPS) is 29.3. The van der Waals surface area contributed by atoms with E-state index in [1.165, 1.54) is 6.07 Å². The maximum Gasteiger partial charge on any atom is 0.165 e. The molecule has 0 aliphatic carbocycles. The molecule has 1 fully saturated rings. The summed E-state index contributed by atoms with van der Waals surface area (Å²) in [6.45, 7) is 2.07. The fourth-order valence-electron chi connectivity index (χ4n) is 1.80. The molecule has 2 atom stereocenters. The van der Waals surface area contributed by atoms with E-state index in [1.54, 1.807) is 19.1 Å². The summed E-state index contributed by atoms with van der Waals surface area (Å²) in [6, 6.07) is 4.72. The molecule has 86 valence electrons. The summed E-state index contributed by atoms with van der Waals surface area (Å²) in [5.41, 5.74) is -0.175. The molecular weight excluding hydrogens is 277 g/mol. The lowest BCUT2D eigenvalue weighted by Gasteiger charge is -2.24. The standard InChI is InChI=1S/C11H11BrFNO2/c1-11(6-16-10(5-15)14-11)8-4-7(12)2-3-9(8)13/h2-5,10,14H,6H2,1H3/t10?,11-/m1/s1. The van der Waals surface area contributed by atoms with Gasteiger partial charge in [0.15, 0.2) is 12.5 Å². The summed E-state index contributed by atoms with van der Waals surface area (Å²) in [7, 11) is 0. The van der Waals surface area contributed by atoms with Crippen LogP contribution in [0.2, 0.25) is 0 Å². The molecule has 1 aromatic rings. The highest BCUT2D eigenvalue weighted by atomic mass is 79.9. The third-order valence-corrected chi connectivity index (χ3v) is 3.15. The summed E-state index contributed by atoms with van der Waals surface area (Å²) >= 11 is 3.29. The summed E-state index contributed by atoms with van der Waals surface area (Å²) < 4.78 is 19.7. The lowest BCUT2D eigenvalue weighted by atomic mass is 9.93. The highest BCUT2D eigenvalue weighted by Gasteiger charge is 2.38. The second-order valence-corrected chi connectivity index (χ2v) is 4.88. The Balaban J connectivity index is 2.36. The molecule has 0 saturated carbocycles. The third-order valence-electron chi connectivity index (χ3n) is 2.66. The lowest BCUT2D eigenvalue weighted by Crippen LogP contribution is -2.40. The van der Waals surface area contributed by atoms with Crippen molar-refractivity contribution in [2.75, 3.05) is 6.61 Å². The third kappa shape index (κ3) is 2.03. The van der Waals surface area contributed by atoms with Crippen molar-refractivity contribution in [2.45, 2.75) is 18.7 Å². The number of hydrogen-bond donors (Lipinski definition) is 1. The smallest absolute Gasteiger partial charge is 0.165 e. The van der Waals surface area contributed by atoms with Crippen LogP contribution in [-0.2, 0) is 15.1 Å². The van der Waals surface area contributed by atoms with E-state index in [0.717, 1.165) is 4.47 Å². The SMILES string of the molecule is C[C@]1(c2cc(Br)ccc2F)COC(C=O)N1. The minimum atomic E-state index is -0.667. The van der Waals surface area contributed by atoms with Crippen molar-refractivity contribution in [3.63, 3.8) is 0 Å². The Bertz CT molecular complexity index is 426. The van der Waals surface area contributed by atoms with Gasteiger partial charge in [0.25, 0.3) is 0 Å². The predicted molar refractivity (Wildman–Crippen MR) is 60.4 cm³/mol. The van der Waals surface area contributed by atoms with Crippen molar-refractivity contribution >= 4 is 22.2 Å². The van der Waals surface area contributed by atoms with Crippen LogP contribution in [0.3, 0.4) is 0 Å². The second kappa shape index (κ2) is 4.24. The van der Waals surface area contributed by atoms with Crippen LogP contribution in [0.5, 0.6) is 0 Å². The van der Waals surface area contributed by atoms with E-state index in [9.17, 15) is 9.18 Å².